The fraction of sp³-hybridized carbons (Fsp3) is 0.263. The molecule has 25 heavy (non-hydrogen) atoms. The first kappa shape index (κ1) is 17.1. The number of rotatable bonds is 6. The van der Waals surface area contributed by atoms with Crippen LogP contribution in [0.2, 0.25) is 0 Å². The van der Waals surface area contributed by atoms with Crippen LogP contribution in [0.15, 0.2) is 42.5 Å². The third-order valence-corrected chi connectivity index (χ3v) is 4.35. The molecule has 2 unspecified atom stereocenters. The number of benzene rings is 2. The van der Waals surface area contributed by atoms with Crippen molar-refractivity contribution in [2.75, 3.05) is 5.32 Å². The second kappa shape index (κ2) is 7.01. The summed E-state index contributed by atoms with van der Waals surface area (Å²) in [6.45, 7) is 0. The minimum Gasteiger partial charge on any atom is -0.481 e. The van der Waals surface area contributed by atoms with Crippen molar-refractivity contribution in [1.29, 1.82) is 0 Å². The molecule has 130 valence electrons. The van der Waals surface area contributed by atoms with Crippen molar-refractivity contribution >= 4 is 17.6 Å². The zero-order valence-corrected chi connectivity index (χ0v) is 13.3. The molecule has 1 fully saturated rings. The number of hydrogen-bond donors (Lipinski definition) is 2. The molecule has 1 saturated carbocycles. The fourth-order valence-corrected chi connectivity index (χ4v) is 2.84. The molecule has 1 amide bonds. The van der Waals surface area contributed by atoms with Gasteiger partial charge in [0, 0.05) is 18.0 Å². The summed E-state index contributed by atoms with van der Waals surface area (Å²) in [6, 6.07) is 10.7. The minimum absolute atomic E-state index is 0.0592. The number of amides is 1. The Hall–Kier alpha value is -2.76. The maximum absolute atomic E-state index is 13.3. The van der Waals surface area contributed by atoms with E-state index in [0.717, 1.165) is 17.7 Å². The smallest absolute Gasteiger partial charge is 0.303 e. The Kier molecular flexibility index (Phi) is 4.79. The van der Waals surface area contributed by atoms with E-state index < -0.39 is 17.6 Å². The number of carboxylic acid groups (broad SMARTS) is 1. The van der Waals surface area contributed by atoms with E-state index in [-0.39, 0.29) is 24.2 Å². The number of carbonyl (C=O) groups is 2. The number of hydrogen-bond acceptors (Lipinski definition) is 2. The molecule has 0 radical (unpaired) electrons. The summed E-state index contributed by atoms with van der Waals surface area (Å²) < 4.78 is 26.3. The van der Waals surface area contributed by atoms with Crippen LogP contribution in [0, 0.1) is 17.6 Å². The fourth-order valence-electron chi connectivity index (χ4n) is 2.84. The number of aliphatic carboxylic acids is 1. The van der Waals surface area contributed by atoms with Crippen LogP contribution < -0.4 is 5.32 Å². The lowest BCUT2D eigenvalue weighted by atomic mass is 10.1. The number of halogens is 2. The van der Waals surface area contributed by atoms with Crippen LogP contribution in [0.5, 0.6) is 0 Å². The second-order valence-corrected chi connectivity index (χ2v) is 6.20. The zero-order valence-electron chi connectivity index (χ0n) is 13.3. The molecule has 1 aliphatic rings. The number of nitrogens with one attached hydrogen (secondary N) is 1. The summed E-state index contributed by atoms with van der Waals surface area (Å²) in [6.07, 6.45) is 1.10. The largest absolute Gasteiger partial charge is 0.481 e. The summed E-state index contributed by atoms with van der Waals surface area (Å²) in [5.41, 5.74) is 2.13. The van der Waals surface area contributed by atoms with Gasteiger partial charge >= 0.3 is 5.97 Å². The third-order valence-electron chi connectivity index (χ3n) is 4.35. The van der Waals surface area contributed by atoms with E-state index >= 15 is 0 Å². The Balaban J connectivity index is 1.56. The molecule has 2 aromatic carbocycles. The van der Waals surface area contributed by atoms with Crippen molar-refractivity contribution in [3.63, 3.8) is 0 Å². The van der Waals surface area contributed by atoms with E-state index in [1.165, 1.54) is 6.07 Å². The normalized spacial score (nSPS) is 18.6. The molecule has 0 aromatic heterocycles. The van der Waals surface area contributed by atoms with Crippen LogP contribution in [0.3, 0.4) is 0 Å². The van der Waals surface area contributed by atoms with Gasteiger partial charge in [0.25, 0.3) is 0 Å². The Bertz CT molecular complexity index is 805. The van der Waals surface area contributed by atoms with Crippen LogP contribution in [0.1, 0.15) is 29.9 Å². The van der Waals surface area contributed by atoms with Gasteiger partial charge in [-0.2, -0.15) is 0 Å². The van der Waals surface area contributed by atoms with Crippen molar-refractivity contribution in [3.05, 3.63) is 65.2 Å². The zero-order chi connectivity index (χ0) is 18.0. The maximum atomic E-state index is 13.3. The van der Waals surface area contributed by atoms with E-state index in [2.05, 4.69) is 5.32 Å². The number of carboxylic acids is 1. The summed E-state index contributed by atoms with van der Waals surface area (Å²) in [4.78, 5) is 22.8. The molecule has 2 aromatic rings. The Morgan fingerprint density at radius 3 is 2.44 bits per heavy atom. The molecule has 0 saturated heterocycles. The standard InChI is InChI=1S/C19H17F2NO3/c20-16-7-4-12(9-17(16)21)14-10-15(14)19(25)22-13-5-1-11(2-6-13)3-8-18(23)24/h1-2,4-7,9,14-15H,3,8,10H2,(H,22,25)(H,23,24). The van der Waals surface area contributed by atoms with Gasteiger partial charge in [-0.05, 0) is 54.2 Å². The van der Waals surface area contributed by atoms with Gasteiger partial charge in [0.05, 0.1) is 0 Å². The predicted octanol–water partition coefficient (Wildman–Crippen LogP) is 3.72. The highest BCUT2D eigenvalue weighted by molar-refractivity contribution is 5.95. The van der Waals surface area contributed by atoms with Gasteiger partial charge in [-0.1, -0.05) is 18.2 Å². The van der Waals surface area contributed by atoms with E-state index in [0.29, 0.717) is 24.1 Å². The van der Waals surface area contributed by atoms with E-state index in [1.54, 1.807) is 24.3 Å². The van der Waals surface area contributed by atoms with Crippen molar-refractivity contribution in [1.82, 2.24) is 0 Å². The van der Waals surface area contributed by atoms with Gasteiger partial charge in [0.2, 0.25) is 5.91 Å². The second-order valence-electron chi connectivity index (χ2n) is 6.20. The highest BCUT2D eigenvalue weighted by Crippen LogP contribution is 2.48. The molecule has 6 heteroatoms. The van der Waals surface area contributed by atoms with E-state index in [1.807, 2.05) is 0 Å². The van der Waals surface area contributed by atoms with Crippen molar-refractivity contribution in [3.8, 4) is 0 Å². The first-order chi connectivity index (χ1) is 11.9. The Morgan fingerprint density at radius 2 is 1.80 bits per heavy atom. The van der Waals surface area contributed by atoms with Crippen molar-refractivity contribution in [2.24, 2.45) is 5.92 Å². The SMILES string of the molecule is O=C(O)CCc1ccc(NC(=O)C2CC2c2ccc(F)c(F)c2)cc1. The predicted molar refractivity (Wildman–Crippen MR) is 88.2 cm³/mol. The number of anilines is 1. The molecule has 1 aliphatic carbocycles. The van der Waals surface area contributed by atoms with E-state index in [9.17, 15) is 18.4 Å². The topological polar surface area (TPSA) is 66.4 Å². The quantitative estimate of drug-likeness (QED) is 0.838. The summed E-state index contributed by atoms with van der Waals surface area (Å²) in [5.74, 6) is -3.15. The van der Waals surface area contributed by atoms with E-state index in [4.69, 9.17) is 5.11 Å². The monoisotopic (exact) mass is 345 g/mol. The van der Waals surface area contributed by atoms with Crippen molar-refractivity contribution in [2.45, 2.75) is 25.2 Å². The lowest BCUT2D eigenvalue weighted by Crippen LogP contribution is -2.14. The number of carbonyl (C=O) groups excluding carboxylic acids is 1. The summed E-state index contributed by atoms with van der Waals surface area (Å²) in [5, 5.41) is 11.5. The highest BCUT2D eigenvalue weighted by atomic mass is 19.2. The molecule has 3 rings (SSSR count). The van der Waals surface area contributed by atoms with Crippen LogP contribution >= 0.6 is 0 Å². The van der Waals surface area contributed by atoms with Crippen LogP contribution in [-0.2, 0) is 16.0 Å². The van der Waals surface area contributed by atoms with Gasteiger partial charge in [-0.15, -0.1) is 0 Å². The summed E-state index contributed by atoms with van der Waals surface area (Å²) in [7, 11) is 0. The first-order valence-corrected chi connectivity index (χ1v) is 8.00. The first-order valence-electron chi connectivity index (χ1n) is 8.00. The van der Waals surface area contributed by atoms with Gasteiger partial charge < -0.3 is 10.4 Å². The van der Waals surface area contributed by atoms with Gasteiger partial charge in [-0.3, -0.25) is 9.59 Å². The molecule has 0 heterocycles. The van der Waals surface area contributed by atoms with Gasteiger partial charge in [0.15, 0.2) is 11.6 Å². The van der Waals surface area contributed by atoms with Crippen LogP contribution in [0.4, 0.5) is 14.5 Å². The molecule has 4 nitrogen and oxygen atoms in total. The van der Waals surface area contributed by atoms with Crippen LogP contribution in [-0.4, -0.2) is 17.0 Å². The molecule has 2 atom stereocenters. The molecule has 0 bridgehead atoms. The average Bonchev–Trinajstić information content (AvgIpc) is 3.37. The average molecular weight is 345 g/mol. The highest BCUT2D eigenvalue weighted by Gasteiger charge is 2.44. The molecular formula is C19H17F2NO3. The Morgan fingerprint density at radius 1 is 1.08 bits per heavy atom. The number of aryl methyl sites for hydroxylation is 1. The Labute approximate surface area is 143 Å². The maximum Gasteiger partial charge on any atom is 0.303 e. The summed E-state index contributed by atoms with van der Waals surface area (Å²) >= 11 is 0. The van der Waals surface area contributed by atoms with Crippen molar-refractivity contribution < 1.29 is 23.5 Å². The minimum atomic E-state index is -0.902. The lowest BCUT2D eigenvalue weighted by molar-refractivity contribution is -0.137. The van der Waals surface area contributed by atoms with Crippen LogP contribution in [0.25, 0.3) is 0 Å². The molecule has 0 spiro atoms. The molecule has 0 aliphatic heterocycles. The van der Waals surface area contributed by atoms with Gasteiger partial charge in [-0.25, -0.2) is 8.78 Å². The third kappa shape index (κ3) is 4.21. The lowest BCUT2D eigenvalue weighted by Gasteiger charge is -2.06. The molecule has 2 N–H and O–H groups in total. The van der Waals surface area contributed by atoms with Gasteiger partial charge in [0.1, 0.15) is 0 Å². The molecular weight excluding hydrogens is 328 g/mol.